The van der Waals surface area contributed by atoms with Crippen molar-refractivity contribution in [3.05, 3.63) is 0 Å². The van der Waals surface area contributed by atoms with Crippen molar-refractivity contribution < 1.29 is 19.4 Å². The predicted octanol–water partition coefficient (Wildman–Crippen LogP) is 3.39. The van der Waals surface area contributed by atoms with Gasteiger partial charge in [-0.3, -0.25) is 9.59 Å². The summed E-state index contributed by atoms with van der Waals surface area (Å²) in [6.45, 7) is 6.32. The monoisotopic (exact) mass is 270 g/mol. The van der Waals surface area contributed by atoms with Gasteiger partial charge in [0, 0.05) is 6.42 Å². The van der Waals surface area contributed by atoms with E-state index in [0.717, 1.165) is 25.7 Å². The molecule has 0 heterocycles. The van der Waals surface area contributed by atoms with Gasteiger partial charge < -0.3 is 9.84 Å². The maximum atomic E-state index is 11.9. The fraction of sp³-hybridized carbons (Fsp3) is 0.867. The van der Waals surface area contributed by atoms with Crippen LogP contribution in [-0.2, 0) is 14.3 Å². The maximum absolute atomic E-state index is 11.9. The molecular weight excluding hydrogens is 244 g/mol. The lowest BCUT2D eigenvalue weighted by molar-refractivity contribution is -0.156. The minimum absolute atomic E-state index is 0.0578. The zero-order valence-corrected chi connectivity index (χ0v) is 12.3. The number of rotatable bonds is 6. The molecule has 4 heteroatoms. The van der Waals surface area contributed by atoms with E-state index in [2.05, 4.69) is 13.8 Å². The fourth-order valence-corrected chi connectivity index (χ4v) is 2.45. The molecular formula is C15H26O4. The van der Waals surface area contributed by atoms with Crippen LogP contribution >= 0.6 is 0 Å². The third-order valence-corrected chi connectivity index (χ3v) is 4.00. The summed E-state index contributed by atoms with van der Waals surface area (Å²) in [4.78, 5) is 22.3. The quantitative estimate of drug-likeness (QED) is 0.751. The first-order chi connectivity index (χ1) is 8.80. The lowest BCUT2D eigenvalue weighted by Crippen LogP contribution is -2.30. The van der Waals surface area contributed by atoms with Crippen molar-refractivity contribution in [3.63, 3.8) is 0 Å². The molecule has 4 nitrogen and oxygen atoms in total. The van der Waals surface area contributed by atoms with E-state index in [0.29, 0.717) is 18.3 Å². The lowest BCUT2D eigenvalue weighted by Gasteiger charge is -2.34. The highest BCUT2D eigenvalue weighted by molar-refractivity contribution is 5.72. The van der Waals surface area contributed by atoms with Gasteiger partial charge in [0.1, 0.15) is 6.10 Å². The van der Waals surface area contributed by atoms with E-state index in [9.17, 15) is 9.59 Å². The molecule has 1 saturated carbocycles. The van der Waals surface area contributed by atoms with Gasteiger partial charge in [-0.25, -0.2) is 0 Å². The predicted molar refractivity (Wildman–Crippen MR) is 72.8 cm³/mol. The van der Waals surface area contributed by atoms with E-state index < -0.39 is 5.97 Å². The standard InChI is InChI=1S/C15H26O4/c1-11(5-4-6-13(16)17)14(18)19-12-7-9-15(2,3)10-8-12/h11-12H,4-10H2,1-3H3,(H,16,17). The fourth-order valence-electron chi connectivity index (χ4n) is 2.45. The number of hydrogen-bond donors (Lipinski definition) is 1. The van der Waals surface area contributed by atoms with Crippen LogP contribution in [-0.4, -0.2) is 23.1 Å². The lowest BCUT2D eigenvalue weighted by atomic mass is 9.76. The first-order valence-corrected chi connectivity index (χ1v) is 7.22. The number of ether oxygens (including phenoxy) is 1. The number of carboxylic acid groups (broad SMARTS) is 1. The number of carboxylic acids is 1. The van der Waals surface area contributed by atoms with Crippen molar-refractivity contribution in [2.24, 2.45) is 11.3 Å². The van der Waals surface area contributed by atoms with Gasteiger partial charge in [-0.1, -0.05) is 20.8 Å². The normalized spacial score (nSPS) is 20.8. The highest BCUT2D eigenvalue weighted by Gasteiger charge is 2.29. The molecule has 1 aliphatic rings. The molecule has 1 rings (SSSR count). The average molecular weight is 270 g/mol. The van der Waals surface area contributed by atoms with Crippen molar-refractivity contribution in [2.75, 3.05) is 0 Å². The van der Waals surface area contributed by atoms with E-state index >= 15 is 0 Å². The first-order valence-electron chi connectivity index (χ1n) is 7.22. The molecule has 1 N–H and O–H groups in total. The molecule has 0 aromatic carbocycles. The minimum Gasteiger partial charge on any atom is -0.481 e. The summed E-state index contributed by atoms with van der Waals surface area (Å²) in [5, 5.41) is 8.56. The number of carbonyl (C=O) groups is 2. The van der Waals surface area contributed by atoms with Gasteiger partial charge in [0.15, 0.2) is 0 Å². The Labute approximate surface area is 115 Å². The van der Waals surface area contributed by atoms with Crippen molar-refractivity contribution in [1.82, 2.24) is 0 Å². The Morgan fingerprint density at radius 2 is 1.89 bits per heavy atom. The van der Waals surface area contributed by atoms with Crippen LogP contribution in [0.15, 0.2) is 0 Å². The Morgan fingerprint density at radius 3 is 2.42 bits per heavy atom. The van der Waals surface area contributed by atoms with Crippen LogP contribution in [0, 0.1) is 11.3 Å². The van der Waals surface area contributed by atoms with Crippen LogP contribution in [0.25, 0.3) is 0 Å². The zero-order chi connectivity index (χ0) is 14.5. The molecule has 0 bridgehead atoms. The van der Waals surface area contributed by atoms with Gasteiger partial charge in [-0.2, -0.15) is 0 Å². The Bertz CT molecular complexity index is 312. The number of esters is 1. The molecule has 0 aromatic rings. The topological polar surface area (TPSA) is 63.6 Å². The van der Waals surface area contributed by atoms with E-state index in [4.69, 9.17) is 9.84 Å². The average Bonchev–Trinajstić information content (AvgIpc) is 2.31. The smallest absolute Gasteiger partial charge is 0.308 e. The summed E-state index contributed by atoms with van der Waals surface area (Å²) in [5.74, 6) is -1.18. The summed E-state index contributed by atoms with van der Waals surface area (Å²) in [5.41, 5.74) is 0.371. The molecule has 0 amide bonds. The number of hydrogen-bond acceptors (Lipinski definition) is 3. The Hall–Kier alpha value is -1.06. The van der Waals surface area contributed by atoms with Crippen LogP contribution in [0.1, 0.15) is 65.7 Å². The summed E-state index contributed by atoms with van der Waals surface area (Å²) >= 11 is 0. The van der Waals surface area contributed by atoms with Crippen LogP contribution < -0.4 is 0 Å². The molecule has 1 aliphatic carbocycles. The highest BCUT2D eigenvalue weighted by Crippen LogP contribution is 2.36. The van der Waals surface area contributed by atoms with Gasteiger partial charge in [0.2, 0.25) is 0 Å². The minimum atomic E-state index is -0.810. The second kappa shape index (κ2) is 6.92. The largest absolute Gasteiger partial charge is 0.481 e. The molecule has 0 aliphatic heterocycles. The van der Waals surface area contributed by atoms with Crippen molar-refractivity contribution in [3.8, 4) is 0 Å². The molecule has 110 valence electrons. The Kier molecular flexibility index (Phi) is 5.83. The zero-order valence-electron chi connectivity index (χ0n) is 12.3. The Balaban J connectivity index is 2.25. The van der Waals surface area contributed by atoms with Crippen molar-refractivity contribution >= 4 is 11.9 Å². The van der Waals surface area contributed by atoms with Crippen LogP contribution in [0.2, 0.25) is 0 Å². The van der Waals surface area contributed by atoms with Crippen molar-refractivity contribution in [1.29, 1.82) is 0 Å². The highest BCUT2D eigenvalue weighted by atomic mass is 16.5. The van der Waals surface area contributed by atoms with Crippen molar-refractivity contribution in [2.45, 2.75) is 71.8 Å². The molecule has 19 heavy (non-hydrogen) atoms. The summed E-state index contributed by atoms with van der Waals surface area (Å²) in [6, 6.07) is 0. The van der Waals surface area contributed by atoms with Gasteiger partial charge in [0.25, 0.3) is 0 Å². The van der Waals surface area contributed by atoms with Crippen LogP contribution in [0.5, 0.6) is 0 Å². The second-order valence-electron chi connectivity index (χ2n) is 6.49. The molecule has 0 spiro atoms. The molecule has 1 fully saturated rings. The molecule has 1 unspecified atom stereocenters. The van der Waals surface area contributed by atoms with E-state index in [1.165, 1.54) is 0 Å². The molecule has 0 saturated heterocycles. The molecule has 1 atom stereocenters. The van der Waals surface area contributed by atoms with E-state index in [1.54, 1.807) is 0 Å². The van der Waals surface area contributed by atoms with Crippen LogP contribution in [0.4, 0.5) is 0 Å². The summed E-state index contributed by atoms with van der Waals surface area (Å²) in [6.07, 6.45) is 5.38. The maximum Gasteiger partial charge on any atom is 0.308 e. The first kappa shape index (κ1) is 16.0. The molecule has 0 radical (unpaired) electrons. The van der Waals surface area contributed by atoms with Crippen LogP contribution in [0.3, 0.4) is 0 Å². The number of carbonyl (C=O) groups excluding carboxylic acids is 1. The molecule has 0 aromatic heterocycles. The van der Waals surface area contributed by atoms with Gasteiger partial charge in [-0.15, -0.1) is 0 Å². The van der Waals surface area contributed by atoms with Gasteiger partial charge in [-0.05, 0) is 43.9 Å². The SMILES string of the molecule is CC(CCCC(=O)O)C(=O)OC1CCC(C)(C)CC1. The van der Waals surface area contributed by atoms with Gasteiger partial charge >= 0.3 is 11.9 Å². The third kappa shape index (κ3) is 6.08. The van der Waals surface area contributed by atoms with Gasteiger partial charge in [0.05, 0.1) is 5.92 Å². The summed E-state index contributed by atoms with van der Waals surface area (Å²) < 4.78 is 5.52. The van der Waals surface area contributed by atoms with E-state index in [-0.39, 0.29) is 24.4 Å². The summed E-state index contributed by atoms with van der Waals surface area (Å²) in [7, 11) is 0. The second-order valence-corrected chi connectivity index (χ2v) is 6.49. The Morgan fingerprint density at radius 1 is 1.32 bits per heavy atom. The van der Waals surface area contributed by atoms with E-state index in [1.807, 2.05) is 6.92 Å². The third-order valence-electron chi connectivity index (χ3n) is 4.00. The number of aliphatic carboxylic acids is 1.